The molecule has 0 aliphatic heterocycles. The monoisotopic (exact) mass is 389 g/mol. The van der Waals surface area contributed by atoms with Crippen LogP contribution in [0.4, 0.5) is 8.78 Å². The van der Waals surface area contributed by atoms with E-state index in [1.54, 1.807) is 36.4 Å². The number of phenols is 1. The predicted octanol–water partition coefficient (Wildman–Crippen LogP) is 6.08. The molecule has 1 aromatic heterocycles. The number of halogens is 2. The molecule has 0 amide bonds. The van der Waals surface area contributed by atoms with Crippen LogP contribution in [0.15, 0.2) is 78.9 Å². The van der Waals surface area contributed by atoms with Gasteiger partial charge in [0.2, 0.25) is 0 Å². The Morgan fingerprint density at radius 1 is 0.690 bits per heavy atom. The SMILES string of the molecule is COc1cc(-c2cc(-c3cccc(F)c3)nc(-c3cccc(F)c3)c2)ccc1O. The predicted molar refractivity (Wildman–Crippen MR) is 109 cm³/mol. The smallest absolute Gasteiger partial charge is 0.161 e. The molecule has 0 saturated carbocycles. The number of hydrogen-bond acceptors (Lipinski definition) is 3. The maximum absolute atomic E-state index is 13.8. The van der Waals surface area contributed by atoms with E-state index in [4.69, 9.17) is 4.74 Å². The molecule has 0 aliphatic rings. The molecule has 0 atom stereocenters. The molecule has 3 aromatic carbocycles. The third-order valence-corrected chi connectivity index (χ3v) is 4.58. The second-order valence-corrected chi connectivity index (χ2v) is 6.53. The Hall–Kier alpha value is -3.73. The summed E-state index contributed by atoms with van der Waals surface area (Å²) in [6.45, 7) is 0. The van der Waals surface area contributed by atoms with Crippen molar-refractivity contribution in [3.05, 3.63) is 90.5 Å². The van der Waals surface area contributed by atoms with E-state index in [0.29, 0.717) is 28.3 Å². The van der Waals surface area contributed by atoms with Crippen molar-refractivity contribution in [3.8, 4) is 45.1 Å². The molecular weight excluding hydrogens is 372 g/mol. The molecule has 4 aromatic rings. The van der Waals surface area contributed by atoms with Crippen LogP contribution in [0.2, 0.25) is 0 Å². The van der Waals surface area contributed by atoms with Crippen LogP contribution in [0, 0.1) is 11.6 Å². The van der Waals surface area contributed by atoms with Crippen molar-refractivity contribution in [1.29, 1.82) is 0 Å². The molecular formula is C24H17F2NO2. The molecule has 5 heteroatoms. The highest BCUT2D eigenvalue weighted by Crippen LogP contribution is 2.35. The number of benzene rings is 3. The summed E-state index contributed by atoms with van der Waals surface area (Å²) in [6.07, 6.45) is 0. The molecule has 29 heavy (non-hydrogen) atoms. The Balaban J connectivity index is 1.93. The Morgan fingerprint density at radius 3 is 1.79 bits per heavy atom. The van der Waals surface area contributed by atoms with Gasteiger partial charge in [-0.15, -0.1) is 0 Å². The van der Waals surface area contributed by atoms with Crippen LogP contribution in [0.5, 0.6) is 11.5 Å². The highest BCUT2D eigenvalue weighted by atomic mass is 19.1. The normalized spacial score (nSPS) is 10.7. The van der Waals surface area contributed by atoms with Crippen LogP contribution in [-0.4, -0.2) is 17.2 Å². The van der Waals surface area contributed by atoms with Gasteiger partial charge in [-0.3, -0.25) is 0 Å². The number of ether oxygens (including phenoxy) is 1. The van der Waals surface area contributed by atoms with Crippen LogP contribution < -0.4 is 4.74 Å². The summed E-state index contributed by atoms with van der Waals surface area (Å²) in [7, 11) is 1.47. The van der Waals surface area contributed by atoms with Gasteiger partial charge in [-0.05, 0) is 59.7 Å². The standard InChI is InChI=1S/C24H17F2NO2/c1-29-24-14-15(8-9-23(24)28)18-12-21(16-4-2-6-19(25)10-16)27-22(13-18)17-5-3-7-20(26)11-17/h2-14,28H,1H3. The fourth-order valence-corrected chi connectivity index (χ4v) is 3.15. The van der Waals surface area contributed by atoms with E-state index in [-0.39, 0.29) is 17.4 Å². The number of phenolic OH excluding ortho intramolecular Hbond substituents is 1. The van der Waals surface area contributed by atoms with Crippen molar-refractivity contribution in [1.82, 2.24) is 4.98 Å². The first kappa shape index (κ1) is 18.6. The second-order valence-electron chi connectivity index (χ2n) is 6.53. The molecule has 4 rings (SSSR count). The zero-order chi connectivity index (χ0) is 20.4. The molecule has 0 spiro atoms. The van der Waals surface area contributed by atoms with E-state index in [0.717, 1.165) is 11.1 Å². The van der Waals surface area contributed by atoms with Crippen LogP contribution >= 0.6 is 0 Å². The number of aromatic hydroxyl groups is 1. The summed E-state index contributed by atoms with van der Waals surface area (Å²) in [5.41, 5.74) is 3.86. The minimum atomic E-state index is -0.367. The van der Waals surface area contributed by atoms with Gasteiger partial charge in [0.1, 0.15) is 11.6 Å². The summed E-state index contributed by atoms with van der Waals surface area (Å²) in [5.74, 6) is -0.374. The van der Waals surface area contributed by atoms with Crippen LogP contribution in [0.25, 0.3) is 33.6 Å². The number of aromatic nitrogens is 1. The van der Waals surface area contributed by atoms with Crippen LogP contribution in [0.3, 0.4) is 0 Å². The minimum Gasteiger partial charge on any atom is -0.504 e. The number of pyridine rings is 1. The summed E-state index contributed by atoms with van der Waals surface area (Å²) in [4.78, 5) is 4.63. The van der Waals surface area contributed by atoms with Gasteiger partial charge in [-0.25, -0.2) is 13.8 Å². The average Bonchev–Trinajstić information content (AvgIpc) is 2.74. The van der Waals surface area contributed by atoms with E-state index in [2.05, 4.69) is 4.98 Å². The lowest BCUT2D eigenvalue weighted by Crippen LogP contribution is -1.93. The number of rotatable bonds is 4. The van der Waals surface area contributed by atoms with Crippen molar-refractivity contribution in [2.45, 2.75) is 0 Å². The van der Waals surface area contributed by atoms with Crippen molar-refractivity contribution >= 4 is 0 Å². The lowest BCUT2D eigenvalue weighted by atomic mass is 9.99. The molecule has 0 bridgehead atoms. The highest BCUT2D eigenvalue weighted by Gasteiger charge is 2.12. The lowest BCUT2D eigenvalue weighted by Gasteiger charge is -2.12. The second kappa shape index (κ2) is 7.72. The van der Waals surface area contributed by atoms with E-state index >= 15 is 0 Å². The Kier molecular flexibility index (Phi) is 4.96. The molecule has 0 aliphatic carbocycles. The largest absolute Gasteiger partial charge is 0.504 e. The third-order valence-electron chi connectivity index (χ3n) is 4.58. The van der Waals surface area contributed by atoms with E-state index in [9.17, 15) is 13.9 Å². The molecule has 0 unspecified atom stereocenters. The summed E-state index contributed by atoms with van der Waals surface area (Å²) >= 11 is 0. The van der Waals surface area contributed by atoms with E-state index in [1.165, 1.54) is 37.4 Å². The zero-order valence-electron chi connectivity index (χ0n) is 15.6. The molecule has 1 N–H and O–H groups in total. The van der Waals surface area contributed by atoms with Gasteiger partial charge in [0, 0.05) is 11.1 Å². The molecule has 0 radical (unpaired) electrons. The van der Waals surface area contributed by atoms with Gasteiger partial charge in [0.15, 0.2) is 11.5 Å². The summed E-state index contributed by atoms with van der Waals surface area (Å²) in [5, 5.41) is 9.89. The summed E-state index contributed by atoms with van der Waals surface area (Å²) in [6, 6.07) is 20.9. The van der Waals surface area contributed by atoms with Gasteiger partial charge < -0.3 is 9.84 Å². The van der Waals surface area contributed by atoms with Gasteiger partial charge >= 0.3 is 0 Å². The van der Waals surface area contributed by atoms with Crippen LogP contribution in [-0.2, 0) is 0 Å². The first-order valence-corrected chi connectivity index (χ1v) is 8.95. The van der Waals surface area contributed by atoms with Crippen molar-refractivity contribution in [2.75, 3.05) is 7.11 Å². The van der Waals surface area contributed by atoms with Crippen molar-refractivity contribution in [2.24, 2.45) is 0 Å². The van der Waals surface area contributed by atoms with E-state index < -0.39 is 0 Å². The summed E-state index contributed by atoms with van der Waals surface area (Å²) < 4.78 is 32.8. The zero-order valence-corrected chi connectivity index (χ0v) is 15.6. The molecule has 0 fully saturated rings. The number of nitrogens with zero attached hydrogens (tertiary/aromatic N) is 1. The topological polar surface area (TPSA) is 42.4 Å². The van der Waals surface area contributed by atoms with E-state index in [1.807, 2.05) is 12.1 Å². The Bertz CT molecular complexity index is 1130. The maximum atomic E-state index is 13.8. The van der Waals surface area contributed by atoms with Gasteiger partial charge in [0.05, 0.1) is 18.5 Å². The first-order chi connectivity index (χ1) is 14.0. The van der Waals surface area contributed by atoms with Gasteiger partial charge in [-0.1, -0.05) is 30.3 Å². The highest BCUT2D eigenvalue weighted by molar-refractivity contribution is 5.77. The Labute approximate surface area is 166 Å². The van der Waals surface area contributed by atoms with Crippen molar-refractivity contribution in [3.63, 3.8) is 0 Å². The quantitative estimate of drug-likeness (QED) is 0.460. The lowest BCUT2D eigenvalue weighted by molar-refractivity contribution is 0.373. The average molecular weight is 389 g/mol. The first-order valence-electron chi connectivity index (χ1n) is 8.95. The number of methoxy groups -OCH3 is 1. The molecule has 1 heterocycles. The fraction of sp³-hybridized carbons (Fsp3) is 0.0417. The van der Waals surface area contributed by atoms with Gasteiger partial charge in [0.25, 0.3) is 0 Å². The Morgan fingerprint density at radius 2 is 1.28 bits per heavy atom. The molecule has 144 valence electrons. The molecule has 0 saturated heterocycles. The van der Waals surface area contributed by atoms with Gasteiger partial charge in [-0.2, -0.15) is 0 Å². The maximum Gasteiger partial charge on any atom is 0.161 e. The third kappa shape index (κ3) is 3.94. The molecule has 3 nitrogen and oxygen atoms in total. The minimum absolute atomic E-state index is 0.0287. The van der Waals surface area contributed by atoms with Crippen molar-refractivity contribution < 1.29 is 18.6 Å². The van der Waals surface area contributed by atoms with Crippen LogP contribution in [0.1, 0.15) is 0 Å². The number of hydrogen-bond donors (Lipinski definition) is 1. The fourth-order valence-electron chi connectivity index (χ4n) is 3.15.